The molecule has 3 aromatic carbocycles. The van der Waals surface area contributed by atoms with Gasteiger partial charge in [0, 0.05) is 48.4 Å². The molecule has 1 aliphatic rings. The first-order valence-corrected chi connectivity index (χ1v) is 12.7. The predicted octanol–water partition coefficient (Wildman–Crippen LogP) is 2.78. The molecule has 0 saturated carbocycles. The number of nitrogens with zero attached hydrogens (tertiary/aromatic N) is 3. The second-order valence-corrected chi connectivity index (χ2v) is 10.0. The number of hydrogen-bond donors (Lipinski definition) is 3. The lowest BCUT2D eigenvalue weighted by Crippen LogP contribution is -2.69. The molecule has 41 heavy (non-hydrogen) atoms. The van der Waals surface area contributed by atoms with Gasteiger partial charge in [-0.25, -0.2) is 0 Å². The first-order valence-electron chi connectivity index (χ1n) is 12.7. The number of non-ortho nitro benzene ring substituents is 1. The van der Waals surface area contributed by atoms with Crippen LogP contribution in [0.5, 0.6) is 0 Å². The first kappa shape index (κ1) is 27.2. The number of nitrogens with one attached hydrogen (secondary N) is 2. The molecule has 0 unspecified atom stereocenters. The third kappa shape index (κ3) is 3.38. The quantitative estimate of drug-likeness (QED) is 0.180. The van der Waals surface area contributed by atoms with Gasteiger partial charge in [0.2, 0.25) is 11.8 Å². The Labute approximate surface area is 234 Å². The summed E-state index contributed by atoms with van der Waals surface area (Å²) < 4.78 is 0. The van der Waals surface area contributed by atoms with Crippen molar-refractivity contribution in [2.45, 2.75) is 11.0 Å². The summed E-state index contributed by atoms with van der Waals surface area (Å²) in [6.07, 6.45) is 1.47. The zero-order chi connectivity index (χ0) is 29.6. The van der Waals surface area contributed by atoms with E-state index in [4.69, 9.17) is 5.73 Å². The molecule has 3 atom stereocenters. The first-order chi connectivity index (χ1) is 19.6. The van der Waals surface area contributed by atoms with Crippen LogP contribution in [0.25, 0.3) is 10.9 Å². The maximum Gasteiger partial charge on any atom is 0.269 e. The summed E-state index contributed by atoms with van der Waals surface area (Å²) in [5.41, 5.74) is 0.137. The number of amides is 2. The number of nitriles is 1. The largest absolute Gasteiger partial charge is 0.369 e. The summed E-state index contributed by atoms with van der Waals surface area (Å²) in [6, 6.07) is 22.4. The molecule has 1 aromatic heterocycles. The normalized spacial score (nSPS) is 24.0. The number of likely N-dealkylation sites (tertiary alicyclic amines) is 1. The fourth-order valence-electron chi connectivity index (χ4n) is 6.70. The Morgan fingerprint density at radius 3 is 2.34 bits per heavy atom. The fourth-order valence-corrected chi connectivity index (χ4v) is 6.70. The summed E-state index contributed by atoms with van der Waals surface area (Å²) in [6.45, 7) is -0.393. The van der Waals surface area contributed by atoms with Crippen LogP contribution >= 0.6 is 0 Å². The van der Waals surface area contributed by atoms with Crippen molar-refractivity contribution in [3.05, 3.63) is 112 Å². The van der Waals surface area contributed by atoms with Gasteiger partial charge in [-0.1, -0.05) is 60.7 Å². The van der Waals surface area contributed by atoms with Crippen molar-refractivity contribution in [3.8, 4) is 6.07 Å². The van der Waals surface area contributed by atoms with E-state index in [0.29, 0.717) is 10.9 Å². The summed E-state index contributed by atoms with van der Waals surface area (Å²) in [5.74, 6) is -2.60. The van der Waals surface area contributed by atoms with E-state index in [-0.39, 0.29) is 22.4 Å². The lowest BCUT2D eigenvalue weighted by atomic mass is 9.50. The number of primary amides is 1. The molecule has 1 saturated heterocycles. The molecule has 0 bridgehead atoms. The Morgan fingerprint density at radius 1 is 1.05 bits per heavy atom. The summed E-state index contributed by atoms with van der Waals surface area (Å²) >= 11 is 0. The van der Waals surface area contributed by atoms with E-state index in [1.807, 2.05) is 0 Å². The van der Waals surface area contributed by atoms with Gasteiger partial charge in [0.05, 0.1) is 11.0 Å². The standard InChI is InChI=1S/C30H26N6O5/c1-33-27(39)30(20-11-8-12-21(15-20)36(40)41)29(26(32)38,19-9-4-3-5-10-19)28(17-31,18-35(30)2)25(37)23-16-34-24-14-7-6-13-22(23)24/h3-16,34H,18H2,1-2H3,(H2,32,38)(H,33,39)/t28-,29+,30-/m1/s1. The average Bonchev–Trinajstić information content (AvgIpc) is 3.52. The molecule has 0 spiro atoms. The number of likely N-dealkylation sites (N-methyl/N-ethyl adjacent to an activating group) is 2. The monoisotopic (exact) mass is 550 g/mol. The number of nitrogens with two attached hydrogens (primary N) is 1. The Kier molecular flexibility index (Phi) is 6.44. The number of benzene rings is 3. The number of fused-ring (bicyclic) bond motifs is 1. The highest BCUT2D eigenvalue weighted by Gasteiger charge is 2.80. The van der Waals surface area contributed by atoms with E-state index in [9.17, 15) is 29.8 Å². The summed E-state index contributed by atoms with van der Waals surface area (Å²) in [4.78, 5) is 58.9. The van der Waals surface area contributed by atoms with Crippen LogP contribution in [0.15, 0.2) is 85.1 Å². The van der Waals surface area contributed by atoms with Crippen molar-refractivity contribution < 1.29 is 19.3 Å². The molecule has 5 rings (SSSR count). The number of carbonyl (C=O) groups is 3. The number of aromatic amines is 1. The zero-order valence-corrected chi connectivity index (χ0v) is 22.3. The Balaban J connectivity index is 1.98. The minimum Gasteiger partial charge on any atom is -0.369 e. The predicted molar refractivity (Wildman–Crippen MR) is 149 cm³/mol. The Bertz CT molecular complexity index is 1760. The molecule has 4 N–H and O–H groups in total. The lowest BCUT2D eigenvalue weighted by molar-refractivity contribution is -0.385. The zero-order valence-electron chi connectivity index (χ0n) is 22.3. The molecule has 1 aliphatic heterocycles. The number of H-pyrrole nitrogens is 1. The van der Waals surface area contributed by atoms with Gasteiger partial charge in [0.25, 0.3) is 5.69 Å². The number of hydrogen-bond acceptors (Lipinski definition) is 7. The third-order valence-corrected chi connectivity index (χ3v) is 8.25. The van der Waals surface area contributed by atoms with Gasteiger partial charge >= 0.3 is 0 Å². The molecule has 4 aromatic rings. The topological polar surface area (TPSA) is 175 Å². The van der Waals surface area contributed by atoms with Crippen molar-refractivity contribution in [1.29, 1.82) is 5.26 Å². The number of ketones is 1. The van der Waals surface area contributed by atoms with Gasteiger partial charge < -0.3 is 16.0 Å². The average molecular weight is 551 g/mol. The van der Waals surface area contributed by atoms with Gasteiger partial charge in [-0.2, -0.15) is 5.26 Å². The van der Waals surface area contributed by atoms with Crippen LogP contribution in [0.3, 0.4) is 0 Å². The van der Waals surface area contributed by atoms with Crippen LogP contribution in [0.4, 0.5) is 5.69 Å². The van der Waals surface area contributed by atoms with Crippen molar-refractivity contribution in [2.75, 3.05) is 20.6 Å². The van der Waals surface area contributed by atoms with Gasteiger partial charge in [0.1, 0.15) is 11.0 Å². The number of nitro benzene ring substituents is 1. The minimum atomic E-state index is -2.35. The Hall–Kier alpha value is -5.34. The smallest absolute Gasteiger partial charge is 0.269 e. The lowest BCUT2D eigenvalue weighted by Gasteiger charge is -2.48. The van der Waals surface area contributed by atoms with Crippen LogP contribution in [-0.4, -0.2) is 53.0 Å². The number of nitro groups is 1. The number of aromatic nitrogens is 1. The fraction of sp³-hybridized carbons (Fsp3) is 0.200. The molecule has 0 aliphatic carbocycles. The molecule has 1 fully saturated rings. The number of rotatable bonds is 7. The highest BCUT2D eigenvalue weighted by atomic mass is 16.6. The summed E-state index contributed by atoms with van der Waals surface area (Å²) in [5, 5.41) is 26.0. The van der Waals surface area contributed by atoms with Crippen LogP contribution in [0, 0.1) is 26.9 Å². The van der Waals surface area contributed by atoms with Gasteiger partial charge in [-0.05, 0) is 24.2 Å². The van der Waals surface area contributed by atoms with E-state index in [1.54, 1.807) is 42.5 Å². The van der Waals surface area contributed by atoms with Crippen LogP contribution in [0.1, 0.15) is 21.5 Å². The molecule has 206 valence electrons. The second kappa shape index (κ2) is 9.69. The van der Waals surface area contributed by atoms with Gasteiger partial charge in [-0.15, -0.1) is 0 Å². The Morgan fingerprint density at radius 2 is 1.71 bits per heavy atom. The van der Waals surface area contributed by atoms with E-state index >= 15 is 0 Å². The van der Waals surface area contributed by atoms with Crippen LogP contribution in [-0.2, 0) is 20.5 Å². The molecule has 0 radical (unpaired) electrons. The minimum absolute atomic E-state index is 0.0278. The van der Waals surface area contributed by atoms with Crippen molar-refractivity contribution in [2.24, 2.45) is 11.1 Å². The molecular formula is C30H26N6O5. The van der Waals surface area contributed by atoms with E-state index in [1.165, 1.54) is 61.6 Å². The van der Waals surface area contributed by atoms with E-state index < -0.39 is 45.4 Å². The van der Waals surface area contributed by atoms with Gasteiger partial charge in [-0.3, -0.25) is 29.4 Å². The van der Waals surface area contributed by atoms with Crippen LogP contribution < -0.4 is 11.1 Å². The van der Waals surface area contributed by atoms with Crippen molar-refractivity contribution >= 4 is 34.2 Å². The SMILES string of the molecule is CNC(=O)[C@@]1(c2cccc([N+](=O)[O-])c2)N(C)C[C@](C#N)(C(=O)c2c[nH]c3ccccc23)[C@@]1(C(N)=O)c1ccccc1. The second-order valence-electron chi connectivity index (χ2n) is 10.0. The molecule has 11 heteroatoms. The van der Waals surface area contributed by atoms with Crippen molar-refractivity contribution in [3.63, 3.8) is 0 Å². The molecular weight excluding hydrogens is 524 g/mol. The molecule has 2 amide bonds. The van der Waals surface area contributed by atoms with E-state index in [2.05, 4.69) is 16.4 Å². The third-order valence-electron chi connectivity index (χ3n) is 8.25. The summed E-state index contributed by atoms with van der Waals surface area (Å²) in [7, 11) is 2.84. The maximum absolute atomic E-state index is 14.8. The van der Waals surface area contributed by atoms with Crippen LogP contribution in [0.2, 0.25) is 0 Å². The number of Topliss-reactive ketones (excluding diaryl/α,β-unsaturated/α-hetero) is 1. The molecule has 11 nitrogen and oxygen atoms in total. The number of carbonyl (C=O) groups excluding carboxylic acids is 3. The highest BCUT2D eigenvalue weighted by Crippen LogP contribution is 2.63. The maximum atomic E-state index is 14.8. The van der Waals surface area contributed by atoms with Crippen molar-refractivity contribution in [1.82, 2.24) is 15.2 Å². The number of para-hydroxylation sites is 1. The van der Waals surface area contributed by atoms with E-state index in [0.717, 1.165) is 0 Å². The molecule has 2 heterocycles. The highest BCUT2D eigenvalue weighted by molar-refractivity contribution is 6.17. The van der Waals surface area contributed by atoms with Gasteiger partial charge in [0.15, 0.2) is 11.2 Å².